The highest BCUT2D eigenvalue weighted by Crippen LogP contribution is 2.30. The van der Waals surface area contributed by atoms with Crippen LogP contribution in [0.3, 0.4) is 0 Å². The van der Waals surface area contributed by atoms with E-state index in [2.05, 4.69) is 36.4 Å². The second-order valence-corrected chi connectivity index (χ2v) is 6.53. The molecule has 0 saturated heterocycles. The van der Waals surface area contributed by atoms with E-state index in [1.165, 1.54) is 5.39 Å². The van der Waals surface area contributed by atoms with Crippen molar-refractivity contribution in [2.24, 2.45) is 5.73 Å². The first-order valence-corrected chi connectivity index (χ1v) is 9.47. The van der Waals surface area contributed by atoms with Gasteiger partial charge in [0, 0.05) is 17.7 Å². The number of rotatable bonds is 7. The molecule has 0 saturated carbocycles. The predicted octanol–water partition coefficient (Wildman–Crippen LogP) is 5.42. The molecular formula is C25H23NO2. The molecule has 0 spiro atoms. The highest BCUT2D eigenvalue weighted by Gasteiger charge is 2.08. The molecule has 0 fully saturated rings. The molecule has 0 atom stereocenters. The van der Waals surface area contributed by atoms with Crippen LogP contribution in [0.25, 0.3) is 21.9 Å². The van der Waals surface area contributed by atoms with Gasteiger partial charge in [-0.2, -0.15) is 0 Å². The Hall–Kier alpha value is -3.30. The lowest BCUT2D eigenvalue weighted by molar-refractivity contribution is 0.216. The summed E-state index contributed by atoms with van der Waals surface area (Å²) in [5, 5.41) is 2.31. The van der Waals surface area contributed by atoms with Gasteiger partial charge in [-0.05, 0) is 28.5 Å². The minimum absolute atomic E-state index is 0.439. The van der Waals surface area contributed by atoms with Gasteiger partial charge in [0.15, 0.2) is 0 Å². The Morgan fingerprint density at radius 3 is 2.11 bits per heavy atom. The van der Waals surface area contributed by atoms with Gasteiger partial charge < -0.3 is 15.2 Å². The maximum atomic E-state index is 6.02. The number of para-hydroxylation sites is 1. The predicted molar refractivity (Wildman–Crippen MR) is 115 cm³/mol. The summed E-state index contributed by atoms with van der Waals surface area (Å²) >= 11 is 0. The molecule has 4 aromatic carbocycles. The molecule has 0 aliphatic heterocycles. The molecule has 4 rings (SSSR count). The van der Waals surface area contributed by atoms with Crippen molar-refractivity contribution in [3.05, 3.63) is 96.6 Å². The van der Waals surface area contributed by atoms with Crippen molar-refractivity contribution in [3.63, 3.8) is 0 Å². The molecule has 3 heteroatoms. The smallest absolute Gasteiger partial charge is 0.127 e. The zero-order chi connectivity index (χ0) is 19.2. The molecule has 0 aliphatic rings. The summed E-state index contributed by atoms with van der Waals surface area (Å²) in [6.45, 7) is 1.35. The molecule has 0 heterocycles. The van der Waals surface area contributed by atoms with Gasteiger partial charge in [-0.1, -0.05) is 78.9 Å². The van der Waals surface area contributed by atoms with Crippen molar-refractivity contribution in [3.8, 4) is 22.6 Å². The van der Waals surface area contributed by atoms with E-state index in [9.17, 15) is 0 Å². The van der Waals surface area contributed by atoms with Crippen molar-refractivity contribution < 1.29 is 9.47 Å². The Kier molecular flexibility index (Phi) is 5.55. The largest absolute Gasteiger partial charge is 0.490 e. The fourth-order valence-electron chi connectivity index (χ4n) is 3.41. The summed E-state index contributed by atoms with van der Waals surface area (Å²) in [6, 6.07) is 30.6. The molecule has 0 unspecified atom stereocenters. The number of nitrogens with two attached hydrogens (primary N) is 1. The minimum Gasteiger partial charge on any atom is -0.490 e. The van der Waals surface area contributed by atoms with Gasteiger partial charge in [-0.3, -0.25) is 0 Å². The van der Waals surface area contributed by atoms with Crippen LogP contribution in [0.1, 0.15) is 5.56 Å². The Labute approximate surface area is 165 Å². The highest BCUT2D eigenvalue weighted by molar-refractivity contribution is 5.87. The quantitative estimate of drug-likeness (QED) is 0.442. The van der Waals surface area contributed by atoms with Crippen molar-refractivity contribution in [1.82, 2.24) is 0 Å². The molecule has 2 N–H and O–H groups in total. The van der Waals surface area contributed by atoms with Crippen molar-refractivity contribution >= 4 is 10.8 Å². The van der Waals surface area contributed by atoms with E-state index in [0.717, 1.165) is 33.6 Å². The maximum Gasteiger partial charge on any atom is 0.127 e. The van der Waals surface area contributed by atoms with Gasteiger partial charge in [0.25, 0.3) is 0 Å². The monoisotopic (exact) mass is 369 g/mol. The van der Waals surface area contributed by atoms with Gasteiger partial charge in [-0.15, -0.1) is 0 Å². The van der Waals surface area contributed by atoms with Gasteiger partial charge >= 0.3 is 0 Å². The van der Waals surface area contributed by atoms with Crippen LogP contribution in [0.5, 0.6) is 11.5 Å². The van der Waals surface area contributed by atoms with E-state index in [1.807, 2.05) is 54.6 Å². The van der Waals surface area contributed by atoms with Gasteiger partial charge in [0.1, 0.15) is 24.7 Å². The second kappa shape index (κ2) is 8.59. The lowest BCUT2D eigenvalue weighted by atomic mass is 10.0. The highest BCUT2D eigenvalue weighted by atomic mass is 16.5. The standard InChI is InChI=1S/C25H23NO2/c26-18-23-21-11-5-4-10-20(21)14-15-25(23)28-17-16-27-24-13-7-6-12-22(24)19-8-2-1-3-9-19/h1-15H,16-18,26H2. The zero-order valence-electron chi connectivity index (χ0n) is 15.7. The SMILES string of the molecule is NCc1c(OCCOc2ccccc2-c2ccccc2)ccc2ccccc12. The van der Waals surface area contributed by atoms with E-state index in [4.69, 9.17) is 15.2 Å². The molecule has 3 nitrogen and oxygen atoms in total. The van der Waals surface area contributed by atoms with E-state index in [1.54, 1.807) is 0 Å². The van der Waals surface area contributed by atoms with Crippen LogP contribution in [0, 0.1) is 0 Å². The van der Waals surface area contributed by atoms with Crippen LogP contribution in [0.2, 0.25) is 0 Å². The van der Waals surface area contributed by atoms with Gasteiger partial charge in [0.05, 0.1) is 0 Å². The summed E-state index contributed by atoms with van der Waals surface area (Å²) in [4.78, 5) is 0. The number of fused-ring (bicyclic) bond motifs is 1. The Balaban J connectivity index is 1.44. The maximum absolute atomic E-state index is 6.02. The molecule has 0 aliphatic carbocycles. The van der Waals surface area contributed by atoms with E-state index >= 15 is 0 Å². The van der Waals surface area contributed by atoms with Gasteiger partial charge in [0.2, 0.25) is 0 Å². The molecule has 4 aromatic rings. The van der Waals surface area contributed by atoms with Crippen molar-refractivity contribution in [2.45, 2.75) is 6.54 Å². The third kappa shape index (κ3) is 3.85. The molecule has 0 bridgehead atoms. The molecule has 28 heavy (non-hydrogen) atoms. The first-order valence-electron chi connectivity index (χ1n) is 9.47. The third-order valence-electron chi connectivity index (χ3n) is 4.77. The topological polar surface area (TPSA) is 44.5 Å². The Bertz CT molecular complexity index is 1060. The molecule has 140 valence electrons. The van der Waals surface area contributed by atoms with E-state index in [-0.39, 0.29) is 0 Å². The summed E-state index contributed by atoms with van der Waals surface area (Å²) in [6.07, 6.45) is 0. The van der Waals surface area contributed by atoms with Crippen molar-refractivity contribution in [2.75, 3.05) is 13.2 Å². The average Bonchev–Trinajstić information content (AvgIpc) is 2.77. The van der Waals surface area contributed by atoms with Crippen LogP contribution in [0.15, 0.2) is 91.0 Å². The first kappa shape index (κ1) is 18.1. The summed E-state index contributed by atoms with van der Waals surface area (Å²) in [7, 11) is 0. The van der Waals surface area contributed by atoms with Crippen LogP contribution >= 0.6 is 0 Å². The molecule has 0 amide bonds. The average molecular weight is 369 g/mol. The Morgan fingerprint density at radius 1 is 0.607 bits per heavy atom. The lowest BCUT2D eigenvalue weighted by Gasteiger charge is -2.15. The number of hydrogen-bond acceptors (Lipinski definition) is 3. The third-order valence-corrected chi connectivity index (χ3v) is 4.77. The van der Waals surface area contributed by atoms with Crippen LogP contribution in [-0.4, -0.2) is 13.2 Å². The van der Waals surface area contributed by atoms with E-state index in [0.29, 0.717) is 19.8 Å². The molecule has 0 radical (unpaired) electrons. The molecule has 0 aromatic heterocycles. The zero-order valence-corrected chi connectivity index (χ0v) is 15.7. The first-order chi connectivity index (χ1) is 13.9. The van der Waals surface area contributed by atoms with Gasteiger partial charge in [-0.25, -0.2) is 0 Å². The Morgan fingerprint density at radius 2 is 1.29 bits per heavy atom. The fraction of sp³-hybridized carbons (Fsp3) is 0.120. The van der Waals surface area contributed by atoms with E-state index < -0.39 is 0 Å². The number of benzene rings is 4. The molecular weight excluding hydrogens is 346 g/mol. The van der Waals surface area contributed by atoms with Crippen LogP contribution < -0.4 is 15.2 Å². The fourth-order valence-corrected chi connectivity index (χ4v) is 3.41. The minimum atomic E-state index is 0.439. The van der Waals surface area contributed by atoms with Crippen LogP contribution in [-0.2, 0) is 6.54 Å². The summed E-state index contributed by atoms with van der Waals surface area (Å²) in [5.41, 5.74) is 9.23. The second-order valence-electron chi connectivity index (χ2n) is 6.53. The number of ether oxygens (including phenoxy) is 2. The van der Waals surface area contributed by atoms with Crippen molar-refractivity contribution in [1.29, 1.82) is 0 Å². The van der Waals surface area contributed by atoms with Crippen LogP contribution in [0.4, 0.5) is 0 Å². The number of hydrogen-bond donors (Lipinski definition) is 1. The summed E-state index contributed by atoms with van der Waals surface area (Å²) in [5.74, 6) is 1.68. The summed E-state index contributed by atoms with van der Waals surface area (Å²) < 4.78 is 12.0. The normalized spacial score (nSPS) is 10.8. The lowest BCUT2D eigenvalue weighted by Crippen LogP contribution is -2.11.